The summed E-state index contributed by atoms with van der Waals surface area (Å²) in [5.41, 5.74) is 1.49. The van der Waals surface area contributed by atoms with E-state index in [4.69, 9.17) is 9.15 Å². The summed E-state index contributed by atoms with van der Waals surface area (Å²) in [6.45, 7) is 0.0331. The van der Waals surface area contributed by atoms with E-state index in [1.165, 1.54) is 13.5 Å². The molecule has 0 atom stereocenters. The van der Waals surface area contributed by atoms with E-state index in [1.807, 2.05) is 0 Å². The van der Waals surface area contributed by atoms with Crippen LogP contribution in [0.5, 0.6) is 0 Å². The molecule has 0 aliphatic carbocycles. The summed E-state index contributed by atoms with van der Waals surface area (Å²) in [5.74, 6) is 0.248. The lowest BCUT2D eigenvalue weighted by atomic mass is 10.2. The van der Waals surface area contributed by atoms with Gasteiger partial charge in [-0.15, -0.1) is 10.2 Å². The quantitative estimate of drug-likeness (QED) is 0.861. The number of anilines is 1. The van der Waals surface area contributed by atoms with Gasteiger partial charge in [-0.1, -0.05) is 0 Å². The van der Waals surface area contributed by atoms with Crippen LogP contribution >= 0.6 is 0 Å². The average Bonchev–Trinajstić information content (AvgIpc) is 2.84. The maximum Gasteiger partial charge on any atom is 0.250 e. The van der Waals surface area contributed by atoms with E-state index in [2.05, 4.69) is 15.5 Å². The number of ether oxygens (including phenoxy) is 1. The van der Waals surface area contributed by atoms with Crippen molar-refractivity contribution in [2.75, 3.05) is 19.0 Å². The summed E-state index contributed by atoms with van der Waals surface area (Å²) in [5, 5.41) is 10.1. The Labute approximate surface area is 97.6 Å². The Balaban J connectivity index is 2.06. The molecule has 0 aliphatic heterocycles. The molecule has 88 valence electrons. The van der Waals surface area contributed by atoms with Crippen molar-refractivity contribution in [3.63, 3.8) is 0 Å². The molecule has 0 saturated carbocycles. The van der Waals surface area contributed by atoms with Gasteiger partial charge in [0, 0.05) is 18.4 Å². The van der Waals surface area contributed by atoms with Gasteiger partial charge in [0.25, 0.3) is 0 Å². The Kier molecular flexibility index (Phi) is 3.46. The van der Waals surface area contributed by atoms with Gasteiger partial charge in [-0.3, -0.25) is 4.79 Å². The maximum absolute atomic E-state index is 11.2. The normalized spacial score (nSPS) is 10.2. The predicted molar refractivity (Wildman–Crippen MR) is 60.2 cm³/mol. The van der Waals surface area contributed by atoms with Gasteiger partial charge < -0.3 is 14.5 Å². The molecular formula is C11H11N3O3. The van der Waals surface area contributed by atoms with Crippen molar-refractivity contribution in [3.05, 3.63) is 30.7 Å². The number of nitrogens with zero attached hydrogens (tertiary/aromatic N) is 2. The molecule has 2 aromatic rings. The Morgan fingerprint density at radius 1 is 1.41 bits per heavy atom. The standard InChI is InChI=1S/C11H11N3O3/c1-16-6-10(15)13-9-4-2-8(3-5-9)11-14-12-7-17-11/h2-5,7H,6H2,1H3,(H,13,15). The zero-order valence-corrected chi connectivity index (χ0v) is 9.21. The Morgan fingerprint density at radius 3 is 2.76 bits per heavy atom. The Hall–Kier alpha value is -2.21. The molecule has 1 aromatic carbocycles. The number of amides is 1. The van der Waals surface area contributed by atoms with Gasteiger partial charge in [-0.05, 0) is 24.3 Å². The highest BCUT2D eigenvalue weighted by atomic mass is 16.5. The topological polar surface area (TPSA) is 77.2 Å². The highest BCUT2D eigenvalue weighted by Gasteiger charge is 2.04. The second-order valence-corrected chi connectivity index (χ2v) is 3.30. The molecule has 1 amide bonds. The third-order valence-electron chi connectivity index (χ3n) is 2.05. The Bertz CT molecular complexity index is 479. The molecule has 6 heteroatoms. The van der Waals surface area contributed by atoms with E-state index in [0.717, 1.165) is 5.56 Å². The summed E-state index contributed by atoms with van der Waals surface area (Å²) in [6.07, 6.45) is 1.27. The minimum absolute atomic E-state index is 0.0331. The lowest BCUT2D eigenvalue weighted by Gasteiger charge is -2.04. The first-order chi connectivity index (χ1) is 8.29. The van der Waals surface area contributed by atoms with Crippen molar-refractivity contribution in [2.24, 2.45) is 0 Å². The van der Waals surface area contributed by atoms with Crippen LogP contribution in [0.2, 0.25) is 0 Å². The molecule has 6 nitrogen and oxygen atoms in total. The van der Waals surface area contributed by atoms with Crippen LogP contribution in [-0.2, 0) is 9.53 Å². The number of hydrogen-bond acceptors (Lipinski definition) is 5. The summed E-state index contributed by atoms with van der Waals surface area (Å²) in [7, 11) is 1.47. The van der Waals surface area contributed by atoms with Crippen molar-refractivity contribution >= 4 is 11.6 Å². The van der Waals surface area contributed by atoms with Crippen LogP contribution in [0.4, 0.5) is 5.69 Å². The molecule has 0 saturated heterocycles. The van der Waals surface area contributed by atoms with E-state index in [-0.39, 0.29) is 12.5 Å². The number of aromatic nitrogens is 2. The van der Waals surface area contributed by atoms with Crippen LogP contribution in [0.15, 0.2) is 35.1 Å². The van der Waals surface area contributed by atoms with Gasteiger partial charge in [0.15, 0.2) is 0 Å². The van der Waals surface area contributed by atoms with E-state index in [0.29, 0.717) is 11.6 Å². The second-order valence-electron chi connectivity index (χ2n) is 3.30. The lowest BCUT2D eigenvalue weighted by Crippen LogP contribution is -2.16. The number of carbonyl (C=O) groups is 1. The highest BCUT2D eigenvalue weighted by Crippen LogP contribution is 2.18. The molecular weight excluding hydrogens is 222 g/mol. The summed E-state index contributed by atoms with van der Waals surface area (Å²) < 4.78 is 9.76. The molecule has 0 aliphatic rings. The monoisotopic (exact) mass is 233 g/mol. The molecule has 1 heterocycles. The van der Waals surface area contributed by atoms with Crippen LogP contribution in [0.25, 0.3) is 11.5 Å². The van der Waals surface area contributed by atoms with E-state index in [9.17, 15) is 4.79 Å². The molecule has 0 spiro atoms. The smallest absolute Gasteiger partial charge is 0.250 e. The van der Waals surface area contributed by atoms with Crippen molar-refractivity contribution in [2.45, 2.75) is 0 Å². The molecule has 0 fully saturated rings. The fourth-order valence-electron chi connectivity index (χ4n) is 1.32. The summed E-state index contributed by atoms with van der Waals surface area (Å²) in [4.78, 5) is 11.2. The number of benzene rings is 1. The second kappa shape index (κ2) is 5.22. The predicted octanol–water partition coefficient (Wildman–Crippen LogP) is 1.32. The first-order valence-electron chi connectivity index (χ1n) is 4.95. The van der Waals surface area contributed by atoms with Crippen molar-refractivity contribution in [1.82, 2.24) is 10.2 Å². The van der Waals surface area contributed by atoms with Gasteiger partial charge in [-0.25, -0.2) is 0 Å². The maximum atomic E-state index is 11.2. The largest absolute Gasteiger partial charge is 0.423 e. The van der Waals surface area contributed by atoms with E-state index < -0.39 is 0 Å². The van der Waals surface area contributed by atoms with E-state index >= 15 is 0 Å². The highest BCUT2D eigenvalue weighted by molar-refractivity contribution is 5.91. The van der Waals surface area contributed by atoms with E-state index in [1.54, 1.807) is 24.3 Å². The minimum Gasteiger partial charge on any atom is -0.423 e. The molecule has 0 radical (unpaired) electrons. The number of hydrogen-bond donors (Lipinski definition) is 1. The van der Waals surface area contributed by atoms with Crippen LogP contribution in [-0.4, -0.2) is 29.8 Å². The number of nitrogens with one attached hydrogen (secondary N) is 1. The number of methoxy groups -OCH3 is 1. The van der Waals surface area contributed by atoms with Crippen LogP contribution in [0.1, 0.15) is 0 Å². The third kappa shape index (κ3) is 2.88. The fourth-order valence-corrected chi connectivity index (χ4v) is 1.32. The first kappa shape index (κ1) is 11.3. The van der Waals surface area contributed by atoms with Crippen molar-refractivity contribution in [3.8, 4) is 11.5 Å². The summed E-state index contributed by atoms with van der Waals surface area (Å²) >= 11 is 0. The SMILES string of the molecule is COCC(=O)Nc1ccc(-c2nnco2)cc1. The van der Waals surface area contributed by atoms with Crippen LogP contribution < -0.4 is 5.32 Å². The molecule has 1 N–H and O–H groups in total. The Morgan fingerprint density at radius 2 is 2.18 bits per heavy atom. The van der Waals surface area contributed by atoms with Gasteiger partial charge in [-0.2, -0.15) is 0 Å². The lowest BCUT2D eigenvalue weighted by molar-refractivity contribution is -0.119. The van der Waals surface area contributed by atoms with Gasteiger partial charge in [0.2, 0.25) is 18.2 Å². The fraction of sp³-hybridized carbons (Fsp3) is 0.182. The molecule has 0 unspecified atom stereocenters. The van der Waals surface area contributed by atoms with Crippen molar-refractivity contribution < 1.29 is 13.9 Å². The zero-order valence-electron chi connectivity index (χ0n) is 9.21. The van der Waals surface area contributed by atoms with Gasteiger partial charge >= 0.3 is 0 Å². The van der Waals surface area contributed by atoms with Gasteiger partial charge in [0.1, 0.15) is 6.61 Å². The zero-order chi connectivity index (χ0) is 12.1. The third-order valence-corrected chi connectivity index (χ3v) is 2.05. The van der Waals surface area contributed by atoms with Crippen LogP contribution in [0.3, 0.4) is 0 Å². The molecule has 2 rings (SSSR count). The number of carbonyl (C=O) groups excluding carboxylic acids is 1. The summed E-state index contributed by atoms with van der Waals surface area (Å²) in [6, 6.07) is 7.09. The average molecular weight is 233 g/mol. The molecule has 0 bridgehead atoms. The number of rotatable bonds is 4. The minimum atomic E-state index is -0.196. The van der Waals surface area contributed by atoms with Gasteiger partial charge in [0.05, 0.1) is 0 Å². The first-order valence-corrected chi connectivity index (χ1v) is 4.95. The van der Waals surface area contributed by atoms with Crippen molar-refractivity contribution in [1.29, 1.82) is 0 Å². The molecule has 17 heavy (non-hydrogen) atoms. The molecule has 1 aromatic heterocycles. The van der Waals surface area contributed by atoms with Crippen LogP contribution in [0, 0.1) is 0 Å².